The Bertz CT molecular complexity index is 465. The molecule has 0 aliphatic heterocycles. The average molecular weight is 265 g/mol. The summed E-state index contributed by atoms with van der Waals surface area (Å²) in [7, 11) is 0. The summed E-state index contributed by atoms with van der Waals surface area (Å²) in [5, 5.41) is 0. The number of aromatic nitrogens is 2. The van der Waals surface area contributed by atoms with E-state index in [1.165, 1.54) is 0 Å². The summed E-state index contributed by atoms with van der Waals surface area (Å²) in [6, 6.07) is 9.94. The molecule has 0 aliphatic rings. The first-order valence-electron chi connectivity index (χ1n) is 4.51. The predicted molar refractivity (Wildman–Crippen MR) is 60.9 cm³/mol. The van der Waals surface area contributed by atoms with E-state index in [9.17, 15) is 4.79 Å². The number of carbonyl (C=O) groups is 1. The van der Waals surface area contributed by atoms with Gasteiger partial charge in [-0.05, 0) is 21.5 Å². The fourth-order valence-corrected chi connectivity index (χ4v) is 1.81. The molecule has 15 heavy (non-hydrogen) atoms. The summed E-state index contributed by atoms with van der Waals surface area (Å²) >= 11 is 3.31. The summed E-state index contributed by atoms with van der Waals surface area (Å²) < 4.78 is 2.50. The molecule has 4 heteroatoms. The molecule has 0 amide bonds. The number of rotatable bonds is 3. The molecule has 0 atom stereocenters. The normalized spacial score (nSPS) is 10.2. The maximum Gasteiger partial charge on any atom is 0.177 e. The van der Waals surface area contributed by atoms with Crippen LogP contribution in [0.2, 0.25) is 0 Å². The van der Waals surface area contributed by atoms with E-state index in [0.717, 1.165) is 11.8 Å². The third-order valence-corrected chi connectivity index (χ3v) is 2.77. The van der Waals surface area contributed by atoms with Crippen LogP contribution in [-0.2, 0) is 6.54 Å². The highest BCUT2D eigenvalue weighted by Gasteiger charge is 2.06. The molecule has 0 aliphatic carbocycles. The van der Waals surface area contributed by atoms with Crippen LogP contribution in [0.3, 0.4) is 0 Å². The van der Waals surface area contributed by atoms with Gasteiger partial charge in [0, 0.05) is 0 Å². The van der Waals surface area contributed by atoms with Gasteiger partial charge in [0.2, 0.25) is 0 Å². The van der Waals surface area contributed by atoms with Crippen molar-refractivity contribution in [3.05, 3.63) is 52.5 Å². The quantitative estimate of drug-likeness (QED) is 0.799. The zero-order valence-corrected chi connectivity index (χ0v) is 9.52. The zero-order chi connectivity index (χ0) is 10.7. The van der Waals surface area contributed by atoms with E-state index < -0.39 is 0 Å². The number of hydrogen-bond donors (Lipinski definition) is 0. The van der Waals surface area contributed by atoms with E-state index >= 15 is 0 Å². The molecule has 1 aromatic carbocycles. The van der Waals surface area contributed by atoms with Crippen LogP contribution < -0.4 is 0 Å². The number of aldehydes is 1. The summed E-state index contributed by atoms with van der Waals surface area (Å²) in [6.07, 6.45) is 2.36. The van der Waals surface area contributed by atoms with Crippen molar-refractivity contribution in [1.82, 2.24) is 9.55 Å². The van der Waals surface area contributed by atoms with E-state index in [1.54, 1.807) is 6.20 Å². The van der Waals surface area contributed by atoms with E-state index in [0.29, 0.717) is 17.0 Å². The second-order valence-electron chi connectivity index (χ2n) is 3.14. The standard InChI is InChI=1S/C11H9BrN2O/c12-11-13-6-10(8-15)14(11)7-9-4-2-1-3-5-9/h1-6,8H,7H2. The van der Waals surface area contributed by atoms with Crippen molar-refractivity contribution in [2.24, 2.45) is 0 Å². The predicted octanol–water partition coefficient (Wildman–Crippen LogP) is 2.51. The molecule has 2 aromatic rings. The SMILES string of the molecule is O=Cc1cnc(Br)n1Cc1ccccc1. The van der Waals surface area contributed by atoms with Crippen molar-refractivity contribution in [1.29, 1.82) is 0 Å². The van der Waals surface area contributed by atoms with Crippen LogP contribution in [-0.4, -0.2) is 15.8 Å². The molecule has 0 bridgehead atoms. The van der Waals surface area contributed by atoms with Gasteiger partial charge in [0.15, 0.2) is 11.0 Å². The number of carbonyl (C=O) groups excluding carboxylic acids is 1. The summed E-state index contributed by atoms with van der Waals surface area (Å²) in [4.78, 5) is 14.8. The zero-order valence-electron chi connectivity index (χ0n) is 7.93. The van der Waals surface area contributed by atoms with Crippen molar-refractivity contribution in [2.75, 3.05) is 0 Å². The molecule has 0 N–H and O–H groups in total. The Hall–Kier alpha value is -1.42. The number of halogens is 1. The van der Waals surface area contributed by atoms with Crippen LogP contribution in [0.4, 0.5) is 0 Å². The first-order chi connectivity index (χ1) is 7.31. The first-order valence-corrected chi connectivity index (χ1v) is 5.30. The van der Waals surface area contributed by atoms with Gasteiger partial charge in [-0.25, -0.2) is 4.98 Å². The van der Waals surface area contributed by atoms with E-state index in [1.807, 2.05) is 34.9 Å². The number of hydrogen-bond acceptors (Lipinski definition) is 2. The molecule has 1 heterocycles. The van der Waals surface area contributed by atoms with Gasteiger partial charge in [-0.3, -0.25) is 4.79 Å². The molecule has 0 saturated heterocycles. The summed E-state index contributed by atoms with van der Waals surface area (Å²) in [5.41, 5.74) is 1.71. The molecule has 2 rings (SSSR count). The van der Waals surface area contributed by atoms with Crippen molar-refractivity contribution in [3.8, 4) is 0 Å². The highest BCUT2D eigenvalue weighted by molar-refractivity contribution is 9.10. The Morgan fingerprint density at radius 3 is 2.73 bits per heavy atom. The van der Waals surface area contributed by atoms with Crippen LogP contribution in [0.5, 0.6) is 0 Å². The van der Waals surface area contributed by atoms with Crippen molar-refractivity contribution >= 4 is 22.2 Å². The lowest BCUT2D eigenvalue weighted by Gasteiger charge is -2.05. The number of imidazole rings is 1. The largest absolute Gasteiger partial charge is 0.312 e. The Labute approximate surface area is 95.9 Å². The van der Waals surface area contributed by atoms with Gasteiger partial charge >= 0.3 is 0 Å². The van der Waals surface area contributed by atoms with Gasteiger partial charge in [0.05, 0.1) is 12.7 Å². The highest BCUT2D eigenvalue weighted by Crippen LogP contribution is 2.13. The van der Waals surface area contributed by atoms with Crippen LogP contribution >= 0.6 is 15.9 Å². The van der Waals surface area contributed by atoms with E-state index in [-0.39, 0.29) is 0 Å². The van der Waals surface area contributed by atoms with Crippen molar-refractivity contribution in [2.45, 2.75) is 6.54 Å². The third kappa shape index (κ3) is 2.15. The summed E-state index contributed by atoms with van der Waals surface area (Å²) in [6.45, 7) is 0.648. The molecule has 0 unspecified atom stereocenters. The Balaban J connectivity index is 2.31. The average Bonchev–Trinajstić information content (AvgIpc) is 2.62. The maximum absolute atomic E-state index is 10.7. The molecule has 3 nitrogen and oxygen atoms in total. The van der Waals surface area contributed by atoms with Crippen LogP contribution in [0.15, 0.2) is 41.3 Å². The molecule has 0 radical (unpaired) electrons. The van der Waals surface area contributed by atoms with E-state index in [4.69, 9.17) is 0 Å². The molecule has 0 spiro atoms. The van der Waals surface area contributed by atoms with Gasteiger partial charge < -0.3 is 4.57 Å². The number of benzene rings is 1. The van der Waals surface area contributed by atoms with Gasteiger partial charge in [-0.2, -0.15) is 0 Å². The highest BCUT2D eigenvalue weighted by atomic mass is 79.9. The van der Waals surface area contributed by atoms with Gasteiger partial charge in [0.1, 0.15) is 5.69 Å². The summed E-state index contributed by atoms with van der Waals surface area (Å²) in [5.74, 6) is 0. The Morgan fingerprint density at radius 2 is 2.07 bits per heavy atom. The first kappa shape index (κ1) is 10.1. The van der Waals surface area contributed by atoms with Gasteiger partial charge in [0.25, 0.3) is 0 Å². The smallest absolute Gasteiger partial charge is 0.177 e. The van der Waals surface area contributed by atoms with Crippen molar-refractivity contribution < 1.29 is 4.79 Å². The van der Waals surface area contributed by atoms with E-state index in [2.05, 4.69) is 20.9 Å². The molecule has 1 aromatic heterocycles. The monoisotopic (exact) mass is 264 g/mol. The topological polar surface area (TPSA) is 34.9 Å². The van der Waals surface area contributed by atoms with Crippen LogP contribution in [0.1, 0.15) is 16.1 Å². The Kier molecular flexibility index (Phi) is 2.97. The maximum atomic E-state index is 10.7. The molecular weight excluding hydrogens is 256 g/mol. The molecular formula is C11H9BrN2O. The minimum Gasteiger partial charge on any atom is -0.312 e. The van der Waals surface area contributed by atoms with Gasteiger partial charge in [-0.1, -0.05) is 30.3 Å². The molecule has 76 valence electrons. The van der Waals surface area contributed by atoms with Crippen molar-refractivity contribution in [3.63, 3.8) is 0 Å². The Morgan fingerprint density at radius 1 is 1.33 bits per heavy atom. The second kappa shape index (κ2) is 4.40. The minimum atomic E-state index is 0.575. The lowest BCUT2D eigenvalue weighted by Crippen LogP contribution is -2.03. The lowest BCUT2D eigenvalue weighted by molar-refractivity contribution is 0.111. The number of nitrogens with zero attached hydrogens (tertiary/aromatic N) is 2. The van der Waals surface area contributed by atoms with Crippen LogP contribution in [0.25, 0.3) is 0 Å². The minimum absolute atomic E-state index is 0.575. The third-order valence-electron chi connectivity index (χ3n) is 2.14. The fraction of sp³-hybridized carbons (Fsp3) is 0.0909. The fourth-order valence-electron chi connectivity index (χ4n) is 1.38. The molecule has 0 saturated carbocycles. The molecule has 0 fully saturated rings. The van der Waals surface area contributed by atoms with Gasteiger partial charge in [-0.15, -0.1) is 0 Å². The second-order valence-corrected chi connectivity index (χ2v) is 3.85. The lowest BCUT2D eigenvalue weighted by atomic mass is 10.2. The van der Waals surface area contributed by atoms with Crippen LogP contribution in [0, 0.1) is 0 Å².